The molecule has 0 bridgehead atoms. The van der Waals surface area contributed by atoms with Gasteiger partial charge in [-0.25, -0.2) is 9.78 Å². The molecule has 0 aromatic heterocycles. The Hall–Kier alpha value is -1.14. The molecule has 0 aromatic carbocycles. The summed E-state index contributed by atoms with van der Waals surface area (Å²) in [6, 6.07) is 0. The number of esters is 2. The van der Waals surface area contributed by atoms with Gasteiger partial charge in [0, 0.05) is 0 Å². The molecule has 2 aliphatic rings. The number of hydrogen-bond acceptors (Lipinski definition) is 6. The molecule has 0 aromatic rings. The fourth-order valence-corrected chi connectivity index (χ4v) is 3.97. The van der Waals surface area contributed by atoms with Crippen molar-refractivity contribution in [3.63, 3.8) is 0 Å². The van der Waals surface area contributed by atoms with Gasteiger partial charge in [-0.3, -0.25) is 9.59 Å². The van der Waals surface area contributed by atoms with E-state index in [0.29, 0.717) is 12.8 Å². The van der Waals surface area contributed by atoms with E-state index in [1.54, 1.807) is 0 Å². The molecule has 1 saturated carbocycles. The fourth-order valence-electron chi connectivity index (χ4n) is 3.97. The van der Waals surface area contributed by atoms with Crippen LogP contribution in [-0.2, 0) is 28.8 Å². The Labute approximate surface area is 169 Å². The van der Waals surface area contributed by atoms with Crippen LogP contribution >= 0.6 is 0 Å². The lowest BCUT2D eigenvalue weighted by atomic mass is 9.76. The van der Waals surface area contributed by atoms with Crippen LogP contribution in [0.2, 0.25) is 0 Å². The largest absolute Gasteiger partial charge is 0.459 e. The van der Waals surface area contributed by atoms with E-state index in [4.69, 9.17) is 19.2 Å². The van der Waals surface area contributed by atoms with Crippen molar-refractivity contribution in [1.82, 2.24) is 0 Å². The Morgan fingerprint density at radius 1 is 0.786 bits per heavy atom. The van der Waals surface area contributed by atoms with Gasteiger partial charge in [0.15, 0.2) is 0 Å². The third-order valence-corrected chi connectivity index (χ3v) is 5.81. The number of unbranched alkanes of at least 4 members (excludes halogenated alkanes) is 2. The lowest BCUT2D eigenvalue weighted by Gasteiger charge is -2.46. The summed E-state index contributed by atoms with van der Waals surface area (Å²) in [5, 5.41) is 0. The number of carbonyl (C=O) groups excluding carboxylic acids is 2. The first-order chi connectivity index (χ1) is 13.1. The summed E-state index contributed by atoms with van der Waals surface area (Å²) in [7, 11) is 0. The van der Waals surface area contributed by atoms with E-state index in [9.17, 15) is 9.59 Å². The fraction of sp³-hybridized carbons (Fsp3) is 0.909. The molecule has 1 aliphatic carbocycles. The molecule has 0 radical (unpaired) electrons. The van der Waals surface area contributed by atoms with Crippen molar-refractivity contribution >= 4 is 11.9 Å². The summed E-state index contributed by atoms with van der Waals surface area (Å²) in [5.41, 5.74) is -0.988. The Morgan fingerprint density at radius 2 is 1.14 bits per heavy atom. The minimum absolute atomic E-state index is 0.255. The second kappa shape index (κ2) is 9.57. The highest BCUT2D eigenvalue weighted by Crippen LogP contribution is 2.42. The van der Waals surface area contributed by atoms with Crippen molar-refractivity contribution in [2.45, 2.75) is 116 Å². The topological polar surface area (TPSA) is 71.1 Å². The van der Waals surface area contributed by atoms with Gasteiger partial charge in [-0.2, -0.15) is 0 Å². The van der Waals surface area contributed by atoms with Crippen LogP contribution in [0, 0.1) is 11.8 Å². The third-order valence-electron chi connectivity index (χ3n) is 5.81. The molecule has 162 valence electrons. The summed E-state index contributed by atoms with van der Waals surface area (Å²) in [4.78, 5) is 35.9. The molecule has 0 amide bonds. The lowest BCUT2D eigenvalue weighted by molar-refractivity contribution is -0.486. The van der Waals surface area contributed by atoms with Gasteiger partial charge in [-0.1, -0.05) is 26.7 Å². The molecule has 28 heavy (non-hydrogen) atoms. The first-order valence-electron chi connectivity index (χ1n) is 10.9. The smallest absolute Gasteiger partial charge is 0.312 e. The molecule has 4 unspecified atom stereocenters. The number of ether oxygens (including phenoxy) is 2. The highest BCUT2D eigenvalue weighted by atomic mass is 17.2. The highest BCUT2D eigenvalue weighted by molar-refractivity contribution is 5.77. The van der Waals surface area contributed by atoms with Gasteiger partial charge in [0.25, 0.3) is 0 Å². The summed E-state index contributed by atoms with van der Waals surface area (Å²) in [6.07, 6.45) is 6.03. The predicted molar refractivity (Wildman–Crippen MR) is 105 cm³/mol. The lowest BCUT2D eigenvalue weighted by Crippen LogP contribution is -2.59. The van der Waals surface area contributed by atoms with Crippen LogP contribution in [0.4, 0.5) is 0 Å². The summed E-state index contributed by atoms with van der Waals surface area (Å²) in [5.74, 6) is -1.29. The van der Waals surface area contributed by atoms with E-state index in [0.717, 1.165) is 38.5 Å². The van der Waals surface area contributed by atoms with Gasteiger partial charge >= 0.3 is 11.9 Å². The van der Waals surface area contributed by atoms with E-state index in [1.807, 2.05) is 27.7 Å². The van der Waals surface area contributed by atoms with Crippen molar-refractivity contribution in [3.05, 3.63) is 0 Å². The van der Waals surface area contributed by atoms with Crippen molar-refractivity contribution < 1.29 is 28.8 Å². The molecule has 1 saturated heterocycles. The van der Waals surface area contributed by atoms with E-state index < -0.39 is 35.2 Å². The van der Waals surface area contributed by atoms with Gasteiger partial charge in [0.05, 0.1) is 11.8 Å². The first-order valence-corrected chi connectivity index (χ1v) is 10.9. The SMILES string of the molecule is CCCCC(C)(C)OC(=O)C1CCC(C(=O)OC(C)(C)CCCC)C2OOC12. The van der Waals surface area contributed by atoms with Gasteiger partial charge < -0.3 is 9.47 Å². The van der Waals surface area contributed by atoms with Crippen molar-refractivity contribution in [2.24, 2.45) is 11.8 Å². The highest BCUT2D eigenvalue weighted by Gasteiger charge is 2.55. The molecule has 0 spiro atoms. The standard InChI is InChI=1S/C22H38O6/c1-7-9-13-21(3,4)25-19(23)15-11-12-16(18-17(15)27-28-18)20(24)26-22(5,6)14-10-8-2/h15-18H,7-14H2,1-6H3. The van der Waals surface area contributed by atoms with Crippen molar-refractivity contribution in [3.8, 4) is 0 Å². The van der Waals surface area contributed by atoms with Crippen molar-refractivity contribution in [1.29, 1.82) is 0 Å². The van der Waals surface area contributed by atoms with E-state index in [1.165, 1.54) is 0 Å². The van der Waals surface area contributed by atoms with Gasteiger partial charge in [0.1, 0.15) is 23.4 Å². The van der Waals surface area contributed by atoms with Crippen LogP contribution in [0.1, 0.15) is 92.9 Å². The van der Waals surface area contributed by atoms with Crippen LogP contribution in [0.5, 0.6) is 0 Å². The zero-order chi connectivity index (χ0) is 20.9. The maximum Gasteiger partial charge on any atom is 0.312 e. The quantitative estimate of drug-likeness (QED) is 0.391. The van der Waals surface area contributed by atoms with Gasteiger partial charge in [-0.15, -0.1) is 0 Å². The maximum atomic E-state index is 12.7. The molecule has 2 fully saturated rings. The number of hydrogen-bond donors (Lipinski definition) is 0. The second-order valence-electron chi connectivity index (χ2n) is 9.48. The second-order valence-corrected chi connectivity index (χ2v) is 9.48. The maximum absolute atomic E-state index is 12.7. The first kappa shape index (κ1) is 23.1. The van der Waals surface area contributed by atoms with E-state index in [2.05, 4.69) is 13.8 Å². The van der Waals surface area contributed by atoms with Gasteiger partial charge in [0.2, 0.25) is 0 Å². The van der Waals surface area contributed by atoms with E-state index in [-0.39, 0.29) is 11.9 Å². The molecule has 6 nitrogen and oxygen atoms in total. The Morgan fingerprint density at radius 3 is 1.43 bits per heavy atom. The predicted octanol–water partition coefficient (Wildman–Crippen LogP) is 4.74. The zero-order valence-electron chi connectivity index (χ0n) is 18.4. The molecule has 1 heterocycles. The number of rotatable bonds is 10. The number of carbonyl (C=O) groups is 2. The molecule has 2 rings (SSSR count). The molecule has 6 heteroatoms. The van der Waals surface area contributed by atoms with Crippen LogP contribution in [0.3, 0.4) is 0 Å². The Bertz CT molecular complexity index is 493. The zero-order valence-corrected chi connectivity index (χ0v) is 18.4. The normalized spacial score (nSPS) is 27.5. The average Bonchev–Trinajstić information content (AvgIpc) is 2.57. The Balaban J connectivity index is 1.92. The van der Waals surface area contributed by atoms with Crippen molar-refractivity contribution in [2.75, 3.05) is 0 Å². The Kier molecular flexibility index (Phi) is 7.91. The molecule has 1 aliphatic heterocycles. The minimum atomic E-state index is -0.494. The molecular weight excluding hydrogens is 360 g/mol. The molecule has 0 N–H and O–H groups in total. The third kappa shape index (κ3) is 5.93. The molecule has 4 atom stereocenters. The summed E-state index contributed by atoms with van der Waals surface area (Å²) in [6.45, 7) is 12.0. The van der Waals surface area contributed by atoms with Crippen LogP contribution in [-0.4, -0.2) is 35.3 Å². The average molecular weight is 399 g/mol. The number of fused-ring (bicyclic) bond motifs is 1. The van der Waals surface area contributed by atoms with E-state index >= 15 is 0 Å². The van der Waals surface area contributed by atoms with Gasteiger partial charge in [-0.05, 0) is 66.2 Å². The summed E-state index contributed by atoms with van der Waals surface area (Å²) < 4.78 is 11.5. The van der Waals surface area contributed by atoms with Crippen LogP contribution in [0.25, 0.3) is 0 Å². The monoisotopic (exact) mass is 398 g/mol. The van der Waals surface area contributed by atoms with Crippen LogP contribution in [0.15, 0.2) is 0 Å². The minimum Gasteiger partial charge on any atom is -0.459 e. The summed E-state index contributed by atoms with van der Waals surface area (Å²) >= 11 is 0. The van der Waals surface area contributed by atoms with Crippen LogP contribution < -0.4 is 0 Å². The molecular formula is C22H38O6.